The molecule has 1 aromatic heterocycles. The standard InChI is InChI=1S/C12H18N2O3S/c1-18-9-4-2-3-8(5-9)13-7-11-10(12(15)16)6-14-17-11/h6,8-9,13H,2-5,7H2,1H3,(H,15,16). The molecule has 0 amide bonds. The van der Waals surface area contributed by atoms with Crippen LogP contribution in [0, 0.1) is 0 Å². The molecule has 1 aromatic rings. The van der Waals surface area contributed by atoms with Crippen LogP contribution in [0.5, 0.6) is 0 Å². The van der Waals surface area contributed by atoms with Crippen LogP contribution in [0.4, 0.5) is 0 Å². The molecule has 1 heterocycles. The van der Waals surface area contributed by atoms with Crippen molar-refractivity contribution in [3.63, 3.8) is 0 Å². The summed E-state index contributed by atoms with van der Waals surface area (Å²) in [5.74, 6) is -0.576. The summed E-state index contributed by atoms with van der Waals surface area (Å²) in [6.45, 7) is 0.438. The predicted molar refractivity (Wildman–Crippen MR) is 69.9 cm³/mol. The largest absolute Gasteiger partial charge is 0.478 e. The van der Waals surface area contributed by atoms with E-state index in [2.05, 4.69) is 16.7 Å². The van der Waals surface area contributed by atoms with E-state index in [-0.39, 0.29) is 5.56 Å². The Bertz CT molecular complexity index is 408. The first-order chi connectivity index (χ1) is 8.70. The Balaban J connectivity index is 1.87. The van der Waals surface area contributed by atoms with Gasteiger partial charge in [0.15, 0.2) is 5.76 Å². The van der Waals surface area contributed by atoms with Gasteiger partial charge in [-0.3, -0.25) is 0 Å². The summed E-state index contributed by atoms with van der Waals surface area (Å²) in [6, 6.07) is 0.447. The number of nitrogens with one attached hydrogen (secondary N) is 1. The van der Waals surface area contributed by atoms with E-state index in [1.807, 2.05) is 11.8 Å². The lowest BCUT2D eigenvalue weighted by atomic mass is 9.95. The second-order valence-corrected chi connectivity index (χ2v) is 5.71. The Morgan fingerprint density at radius 3 is 3.22 bits per heavy atom. The van der Waals surface area contributed by atoms with Gasteiger partial charge in [-0.05, 0) is 25.5 Å². The summed E-state index contributed by atoms with van der Waals surface area (Å²) >= 11 is 1.91. The average molecular weight is 270 g/mol. The molecule has 5 nitrogen and oxygen atoms in total. The van der Waals surface area contributed by atoms with Gasteiger partial charge in [0, 0.05) is 11.3 Å². The summed E-state index contributed by atoms with van der Waals surface area (Å²) in [7, 11) is 0. The Kier molecular flexibility index (Phi) is 4.66. The highest BCUT2D eigenvalue weighted by molar-refractivity contribution is 7.99. The van der Waals surface area contributed by atoms with Gasteiger partial charge in [-0.15, -0.1) is 0 Å². The zero-order valence-corrected chi connectivity index (χ0v) is 11.2. The summed E-state index contributed by atoms with van der Waals surface area (Å²) in [6.07, 6.45) is 8.19. The van der Waals surface area contributed by atoms with Crippen molar-refractivity contribution in [1.29, 1.82) is 0 Å². The first kappa shape index (κ1) is 13.4. The highest BCUT2D eigenvalue weighted by atomic mass is 32.2. The van der Waals surface area contributed by atoms with Crippen LogP contribution in [0.25, 0.3) is 0 Å². The molecular weight excluding hydrogens is 252 g/mol. The van der Waals surface area contributed by atoms with Gasteiger partial charge in [-0.2, -0.15) is 11.8 Å². The summed E-state index contributed by atoms with van der Waals surface area (Å²) in [5.41, 5.74) is 0.153. The number of thioether (sulfide) groups is 1. The number of carboxylic acids is 1. The zero-order chi connectivity index (χ0) is 13.0. The van der Waals surface area contributed by atoms with Crippen LogP contribution in [-0.4, -0.2) is 33.8 Å². The lowest BCUT2D eigenvalue weighted by molar-refractivity contribution is 0.0694. The molecule has 1 aliphatic carbocycles. The van der Waals surface area contributed by atoms with Gasteiger partial charge in [-0.25, -0.2) is 4.79 Å². The topological polar surface area (TPSA) is 75.4 Å². The van der Waals surface area contributed by atoms with Crippen molar-refractivity contribution in [3.8, 4) is 0 Å². The normalized spacial score (nSPS) is 24.1. The molecule has 1 aliphatic rings. The smallest absolute Gasteiger partial charge is 0.341 e. The van der Waals surface area contributed by atoms with E-state index in [4.69, 9.17) is 9.63 Å². The third-order valence-corrected chi connectivity index (χ3v) is 4.48. The van der Waals surface area contributed by atoms with Crippen LogP contribution < -0.4 is 5.32 Å². The number of aromatic carboxylic acids is 1. The fourth-order valence-electron chi connectivity index (χ4n) is 2.35. The minimum atomic E-state index is -0.987. The highest BCUT2D eigenvalue weighted by Crippen LogP contribution is 2.27. The second-order valence-electron chi connectivity index (χ2n) is 4.57. The summed E-state index contributed by atoms with van der Waals surface area (Å²) in [5, 5.41) is 16.6. The molecular formula is C12H18N2O3S. The van der Waals surface area contributed by atoms with Crippen molar-refractivity contribution in [2.45, 2.75) is 43.5 Å². The number of nitrogens with zero attached hydrogens (tertiary/aromatic N) is 1. The number of hydrogen-bond acceptors (Lipinski definition) is 5. The fourth-order valence-corrected chi connectivity index (χ4v) is 3.17. The molecule has 0 bridgehead atoms. The molecule has 100 valence electrons. The Hall–Kier alpha value is -1.01. The van der Waals surface area contributed by atoms with Crippen LogP contribution >= 0.6 is 11.8 Å². The monoisotopic (exact) mass is 270 g/mol. The van der Waals surface area contributed by atoms with E-state index in [9.17, 15) is 4.79 Å². The lowest BCUT2D eigenvalue weighted by Crippen LogP contribution is -2.34. The van der Waals surface area contributed by atoms with Crippen molar-refractivity contribution >= 4 is 17.7 Å². The molecule has 2 rings (SSSR count). The van der Waals surface area contributed by atoms with Crippen LogP contribution in [0.1, 0.15) is 41.8 Å². The maximum Gasteiger partial charge on any atom is 0.341 e. The minimum absolute atomic E-state index is 0.153. The first-order valence-electron chi connectivity index (χ1n) is 6.13. The average Bonchev–Trinajstić information content (AvgIpc) is 2.85. The number of rotatable bonds is 5. The Morgan fingerprint density at radius 2 is 2.50 bits per heavy atom. The molecule has 0 aromatic carbocycles. The van der Waals surface area contributed by atoms with E-state index in [1.165, 1.54) is 19.0 Å². The molecule has 2 N–H and O–H groups in total. The van der Waals surface area contributed by atoms with Gasteiger partial charge in [0.2, 0.25) is 0 Å². The van der Waals surface area contributed by atoms with Crippen molar-refractivity contribution in [2.24, 2.45) is 0 Å². The highest BCUT2D eigenvalue weighted by Gasteiger charge is 2.22. The van der Waals surface area contributed by atoms with Gasteiger partial charge in [0.1, 0.15) is 5.56 Å². The predicted octanol–water partition coefficient (Wildman–Crippen LogP) is 2.14. The molecule has 0 radical (unpaired) electrons. The Morgan fingerprint density at radius 1 is 1.67 bits per heavy atom. The third kappa shape index (κ3) is 3.26. The molecule has 0 spiro atoms. The molecule has 1 saturated carbocycles. The molecule has 0 saturated heterocycles. The molecule has 0 aliphatic heterocycles. The third-order valence-electron chi connectivity index (χ3n) is 3.39. The fraction of sp³-hybridized carbons (Fsp3) is 0.667. The molecule has 18 heavy (non-hydrogen) atoms. The molecule has 2 atom stereocenters. The van der Waals surface area contributed by atoms with E-state index in [0.717, 1.165) is 12.8 Å². The number of aromatic nitrogens is 1. The molecule has 2 unspecified atom stereocenters. The van der Waals surface area contributed by atoms with Gasteiger partial charge < -0.3 is 14.9 Å². The zero-order valence-electron chi connectivity index (χ0n) is 10.4. The quantitative estimate of drug-likeness (QED) is 0.853. The van der Waals surface area contributed by atoms with Crippen LogP contribution in [0.2, 0.25) is 0 Å². The summed E-state index contributed by atoms with van der Waals surface area (Å²) < 4.78 is 4.97. The maximum atomic E-state index is 10.9. The van der Waals surface area contributed by atoms with Gasteiger partial charge in [0.25, 0.3) is 0 Å². The van der Waals surface area contributed by atoms with E-state index >= 15 is 0 Å². The van der Waals surface area contributed by atoms with Crippen LogP contribution in [0.15, 0.2) is 10.7 Å². The molecule has 6 heteroatoms. The van der Waals surface area contributed by atoms with Gasteiger partial charge >= 0.3 is 5.97 Å². The minimum Gasteiger partial charge on any atom is -0.478 e. The second kappa shape index (κ2) is 6.24. The van der Waals surface area contributed by atoms with Crippen LogP contribution in [-0.2, 0) is 6.54 Å². The van der Waals surface area contributed by atoms with E-state index in [1.54, 1.807) is 0 Å². The van der Waals surface area contributed by atoms with Crippen molar-refractivity contribution < 1.29 is 14.4 Å². The van der Waals surface area contributed by atoms with E-state index < -0.39 is 5.97 Å². The Labute approximate surface area is 110 Å². The number of carboxylic acid groups (broad SMARTS) is 1. The van der Waals surface area contributed by atoms with Gasteiger partial charge in [0.05, 0.1) is 12.7 Å². The van der Waals surface area contributed by atoms with Crippen molar-refractivity contribution in [2.75, 3.05) is 6.26 Å². The molecule has 1 fully saturated rings. The van der Waals surface area contributed by atoms with E-state index in [0.29, 0.717) is 23.6 Å². The summed E-state index contributed by atoms with van der Waals surface area (Å²) in [4.78, 5) is 10.9. The SMILES string of the molecule is CSC1CCCC(NCc2oncc2C(=O)O)C1. The maximum absolute atomic E-state index is 10.9. The van der Waals surface area contributed by atoms with Gasteiger partial charge in [-0.1, -0.05) is 11.6 Å². The van der Waals surface area contributed by atoms with Crippen molar-refractivity contribution in [3.05, 3.63) is 17.5 Å². The lowest BCUT2D eigenvalue weighted by Gasteiger charge is -2.28. The van der Waals surface area contributed by atoms with Crippen LogP contribution in [0.3, 0.4) is 0 Å². The number of hydrogen-bond donors (Lipinski definition) is 2. The number of carbonyl (C=O) groups is 1. The van der Waals surface area contributed by atoms with Crippen molar-refractivity contribution in [1.82, 2.24) is 10.5 Å². The first-order valence-corrected chi connectivity index (χ1v) is 7.42.